The molecule has 0 radical (unpaired) electrons. The fourth-order valence-corrected chi connectivity index (χ4v) is 2.32. The Morgan fingerprint density at radius 3 is 2.78 bits per heavy atom. The van der Waals surface area contributed by atoms with Crippen LogP contribution < -0.4 is 5.32 Å². The summed E-state index contributed by atoms with van der Waals surface area (Å²) in [7, 11) is 0. The van der Waals surface area contributed by atoms with Crippen molar-refractivity contribution < 1.29 is 9.90 Å². The molecule has 1 aromatic rings. The van der Waals surface area contributed by atoms with Crippen LogP contribution in [0.15, 0.2) is 0 Å². The minimum atomic E-state index is -0.755. The first-order chi connectivity index (χ1) is 8.52. The van der Waals surface area contributed by atoms with Crippen LogP contribution in [0, 0.1) is 11.8 Å². The molecule has 0 saturated heterocycles. The second kappa shape index (κ2) is 7.31. The monoisotopic (exact) mass is 271 g/mol. The van der Waals surface area contributed by atoms with E-state index in [9.17, 15) is 4.79 Å². The van der Waals surface area contributed by atoms with E-state index < -0.39 is 5.97 Å². The Hall–Kier alpha value is -1.17. The van der Waals surface area contributed by atoms with Crippen molar-refractivity contribution in [3.63, 3.8) is 0 Å². The quantitative estimate of drug-likeness (QED) is 0.760. The maximum absolute atomic E-state index is 11.1. The number of rotatable bonds is 8. The molecule has 0 spiro atoms. The van der Waals surface area contributed by atoms with E-state index in [0.29, 0.717) is 24.0 Å². The van der Waals surface area contributed by atoms with Gasteiger partial charge in [-0.2, -0.15) is 4.37 Å². The summed E-state index contributed by atoms with van der Waals surface area (Å²) in [5, 5.41) is 12.9. The zero-order chi connectivity index (χ0) is 13.5. The highest BCUT2D eigenvalue weighted by atomic mass is 32.1. The molecule has 2 N–H and O–H groups in total. The first kappa shape index (κ1) is 14.9. The molecule has 102 valence electrons. The maximum atomic E-state index is 11.1. The second-order valence-corrected chi connectivity index (χ2v) is 5.56. The molecule has 1 atom stereocenters. The van der Waals surface area contributed by atoms with Crippen LogP contribution in [0.3, 0.4) is 0 Å². The lowest BCUT2D eigenvalue weighted by Gasteiger charge is -2.14. The van der Waals surface area contributed by atoms with Gasteiger partial charge in [0.25, 0.3) is 0 Å². The molecule has 18 heavy (non-hydrogen) atoms. The molecular weight excluding hydrogens is 250 g/mol. The first-order valence-corrected chi connectivity index (χ1v) is 7.09. The van der Waals surface area contributed by atoms with E-state index in [2.05, 4.69) is 21.6 Å². The third-order valence-electron chi connectivity index (χ3n) is 2.55. The molecule has 1 unspecified atom stereocenters. The van der Waals surface area contributed by atoms with Crippen LogP contribution >= 0.6 is 11.5 Å². The van der Waals surface area contributed by atoms with Gasteiger partial charge in [-0.15, -0.1) is 0 Å². The number of hydrogen-bond acceptors (Lipinski definition) is 5. The van der Waals surface area contributed by atoms with Crippen LogP contribution in [0.2, 0.25) is 0 Å². The van der Waals surface area contributed by atoms with Gasteiger partial charge in [-0.05, 0) is 18.8 Å². The highest BCUT2D eigenvalue weighted by Gasteiger charge is 2.19. The zero-order valence-corrected chi connectivity index (χ0v) is 12.0. The van der Waals surface area contributed by atoms with Crippen molar-refractivity contribution in [3.8, 4) is 0 Å². The SMILES string of the molecule is CCCc1nsc(NCC(CC(C)C)C(=O)O)n1. The Morgan fingerprint density at radius 2 is 2.22 bits per heavy atom. The molecule has 0 aliphatic heterocycles. The Balaban J connectivity index is 2.47. The summed E-state index contributed by atoms with van der Waals surface area (Å²) in [5.41, 5.74) is 0. The third-order valence-corrected chi connectivity index (χ3v) is 3.26. The van der Waals surface area contributed by atoms with E-state index in [1.54, 1.807) is 0 Å². The molecule has 0 amide bonds. The molecule has 1 rings (SSSR count). The summed E-state index contributed by atoms with van der Waals surface area (Å²) in [6.07, 6.45) is 2.55. The number of carboxylic acid groups (broad SMARTS) is 1. The van der Waals surface area contributed by atoms with Gasteiger partial charge in [0.05, 0.1) is 5.92 Å². The minimum Gasteiger partial charge on any atom is -0.481 e. The van der Waals surface area contributed by atoms with Crippen LogP contribution in [-0.4, -0.2) is 27.0 Å². The molecular formula is C12H21N3O2S. The van der Waals surface area contributed by atoms with E-state index in [-0.39, 0.29) is 5.92 Å². The van der Waals surface area contributed by atoms with Crippen molar-refractivity contribution in [3.05, 3.63) is 5.82 Å². The molecule has 0 aliphatic carbocycles. The van der Waals surface area contributed by atoms with Crippen LogP contribution in [0.5, 0.6) is 0 Å². The highest BCUT2D eigenvalue weighted by Crippen LogP contribution is 2.16. The lowest BCUT2D eigenvalue weighted by molar-refractivity contribution is -0.141. The zero-order valence-electron chi connectivity index (χ0n) is 11.1. The van der Waals surface area contributed by atoms with Gasteiger partial charge in [0.1, 0.15) is 5.82 Å². The average molecular weight is 271 g/mol. The van der Waals surface area contributed by atoms with Gasteiger partial charge in [-0.1, -0.05) is 20.8 Å². The van der Waals surface area contributed by atoms with E-state index in [1.165, 1.54) is 11.5 Å². The van der Waals surface area contributed by atoms with Crippen LogP contribution in [-0.2, 0) is 11.2 Å². The molecule has 0 aliphatic rings. The van der Waals surface area contributed by atoms with Crippen LogP contribution in [0.1, 0.15) is 39.4 Å². The summed E-state index contributed by atoms with van der Waals surface area (Å²) in [6, 6.07) is 0. The normalized spacial score (nSPS) is 12.7. The van der Waals surface area contributed by atoms with Crippen molar-refractivity contribution in [2.75, 3.05) is 11.9 Å². The third kappa shape index (κ3) is 5.00. The van der Waals surface area contributed by atoms with Gasteiger partial charge in [-0.25, -0.2) is 4.98 Å². The number of nitrogens with one attached hydrogen (secondary N) is 1. The molecule has 0 fully saturated rings. The van der Waals surface area contributed by atoms with Gasteiger partial charge >= 0.3 is 5.97 Å². The van der Waals surface area contributed by atoms with Crippen molar-refractivity contribution in [1.82, 2.24) is 9.36 Å². The summed E-state index contributed by atoms with van der Waals surface area (Å²) in [5.74, 6) is 0.0803. The van der Waals surface area contributed by atoms with E-state index in [1.807, 2.05) is 13.8 Å². The second-order valence-electron chi connectivity index (χ2n) is 4.81. The molecule has 1 aromatic heterocycles. The largest absolute Gasteiger partial charge is 0.481 e. The Morgan fingerprint density at radius 1 is 1.50 bits per heavy atom. The number of carboxylic acids is 1. The standard InChI is InChI=1S/C12H21N3O2S/c1-4-5-10-14-12(18-15-10)13-7-9(11(16)17)6-8(2)3/h8-9H,4-7H2,1-3H3,(H,16,17)(H,13,14,15). The van der Waals surface area contributed by atoms with E-state index in [4.69, 9.17) is 5.11 Å². The molecule has 0 saturated carbocycles. The van der Waals surface area contributed by atoms with Gasteiger partial charge < -0.3 is 10.4 Å². The Kier molecular flexibility index (Phi) is 6.04. The molecule has 6 heteroatoms. The predicted molar refractivity (Wildman–Crippen MR) is 73.0 cm³/mol. The fraction of sp³-hybridized carbons (Fsp3) is 0.750. The van der Waals surface area contributed by atoms with Crippen molar-refractivity contribution in [2.45, 2.75) is 40.0 Å². The number of anilines is 1. The minimum absolute atomic E-state index is 0.372. The summed E-state index contributed by atoms with van der Waals surface area (Å²) in [6.45, 7) is 6.55. The average Bonchev–Trinajstić information content (AvgIpc) is 2.72. The van der Waals surface area contributed by atoms with Gasteiger partial charge in [0.15, 0.2) is 0 Å². The van der Waals surface area contributed by atoms with Gasteiger partial charge in [0, 0.05) is 24.5 Å². The Labute approximate surface area is 112 Å². The van der Waals surface area contributed by atoms with Crippen LogP contribution in [0.4, 0.5) is 5.13 Å². The van der Waals surface area contributed by atoms with Crippen molar-refractivity contribution >= 4 is 22.6 Å². The van der Waals surface area contributed by atoms with Gasteiger partial charge in [-0.3, -0.25) is 4.79 Å². The number of nitrogens with zero attached hydrogens (tertiary/aromatic N) is 2. The molecule has 5 nitrogen and oxygen atoms in total. The lowest BCUT2D eigenvalue weighted by atomic mass is 9.97. The topological polar surface area (TPSA) is 75.1 Å². The number of hydrogen-bond donors (Lipinski definition) is 2. The molecule has 1 heterocycles. The number of aryl methyl sites for hydroxylation is 1. The highest BCUT2D eigenvalue weighted by molar-refractivity contribution is 7.09. The molecule has 0 bridgehead atoms. The predicted octanol–water partition coefficient (Wildman–Crippen LogP) is 2.65. The lowest BCUT2D eigenvalue weighted by Crippen LogP contribution is -2.24. The van der Waals surface area contributed by atoms with Gasteiger partial charge in [0.2, 0.25) is 5.13 Å². The van der Waals surface area contributed by atoms with E-state index >= 15 is 0 Å². The van der Waals surface area contributed by atoms with Crippen molar-refractivity contribution in [1.29, 1.82) is 0 Å². The number of aromatic nitrogens is 2. The van der Waals surface area contributed by atoms with Crippen molar-refractivity contribution in [2.24, 2.45) is 11.8 Å². The van der Waals surface area contributed by atoms with E-state index in [0.717, 1.165) is 18.7 Å². The Bertz CT molecular complexity index is 379. The summed E-state index contributed by atoms with van der Waals surface area (Å²) < 4.78 is 4.21. The van der Waals surface area contributed by atoms with Crippen LogP contribution in [0.25, 0.3) is 0 Å². The smallest absolute Gasteiger partial charge is 0.308 e. The number of carbonyl (C=O) groups is 1. The first-order valence-electron chi connectivity index (χ1n) is 6.32. The number of aliphatic carboxylic acids is 1. The summed E-state index contributed by atoms with van der Waals surface area (Å²) >= 11 is 1.30. The molecule has 0 aromatic carbocycles. The fourth-order valence-electron chi connectivity index (χ4n) is 1.70. The maximum Gasteiger partial charge on any atom is 0.308 e. The summed E-state index contributed by atoms with van der Waals surface area (Å²) in [4.78, 5) is 15.4.